The van der Waals surface area contributed by atoms with Gasteiger partial charge in [-0.3, -0.25) is 24.3 Å². The summed E-state index contributed by atoms with van der Waals surface area (Å²) in [5.74, 6) is -1.20. The molecule has 0 unspecified atom stereocenters. The SMILES string of the molecule is O=C(CCN1C(=O)c2ccccc2C1=O)Nc1ccc2c(-c3ccncc3)c(-c3ccc(F)cc3)[nH]c2n1. The van der Waals surface area contributed by atoms with Gasteiger partial charge < -0.3 is 10.3 Å². The van der Waals surface area contributed by atoms with Crippen LogP contribution in [0.2, 0.25) is 0 Å². The fourth-order valence-corrected chi connectivity index (χ4v) is 4.65. The summed E-state index contributed by atoms with van der Waals surface area (Å²) in [5, 5.41) is 3.56. The lowest BCUT2D eigenvalue weighted by atomic mass is 10.00. The van der Waals surface area contributed by atoms with Crippen molar-refractivity contribution in [3.63, 3.8) is 0 Å². The molecule has 38 heavy (non-hydrogen) atoms. The number of imide groups is 1. The van der Waals surface area contributed by atoms with Gasteiger partial charge in [0, 0.05) is 36.3 Å². The highest BCUT2D eigenvalue weighted by Crippen LogP contribution is 2.38. The molecule has 6 rings (SSSR count). The highest BCUT2D eigenvalue weighted by Gasteiger charge is 2.35. The van der Waals surface area contributed by atoms with E-state index in [1.54, 1.807) is 54.9 Å². The van der Waals surface area contributed by atoms with Crippen LogP contribution in [0.5, 0.6) is 0 Å². The molecule has 0 saturated heterocycles. The number of aromatic nitrogens is 3. The zero-order valence-corrected chi connectivity index (χ0v) is 19.9. The minimum atomic E-state index is -0.402. The highest BCUT2D eigenvalue weighted by molar-refractivity contribution is 6.21. The van der Waals surface area contributed by atoms with E-state index in [1.165, 1.54) is 12.1 Å². The Hall–Kier alpha value is -5.18. The zero-order valence-electron chi connectivity index (χ0n) is 19.9. The van der Waals surface area contributed by atoms with E-state index in [-0.39, 0.29) is 24.7 Å². The number of fused-ring (bicyclic) bond motifs is 2. The molecule has 4 heterocycles. The second-order valence-electron chi connectivity index (χ2n) is 8.82. The molecule has 0 spiro atoms. The summed E-state index contributed by atoms with van der Waals surface area (Å²) in [7, 11) is 0. The van der Waals surface area contributed by atoms with Crippen LogP contribution in [-0.2, 0) is 4.79 Å². The number of pyridine rings is 2. The second-order valence-corrected chi connectivity index (χ2v) is 8.82. The summed E-state index contributed by atoms with van der Waals surface area (Å²) in [4.78, 5) is 50.8. The molecule has 186 valence electrons. The van der Waals surface area contributed by atoms with Crippen molar-refractivity contribution in [1.29, 1.82) is 0 Å². The van der Waals surface area contributed by atoms with E-state index >= 15 is 0 Å². The van der Waals surface area contributed by atoms with Crippen LogP contribution in [0.4, 0.5) is 10.2 Å². The van der Waals surface area contributed by atoms with E-state index in [9.17, 15) is 18.8 Å². The minimum absolute atomic E-state index is 0.0379. The molecule has 5 aromatic rings. The molecule has 0 bridgehead atoms. The fourth-order valence-electron chi connectivity index (χ4n) is 4.65. The second kappa shape index (κ2) is 9.36. The first-order valence-electron chi connectivity index (χ1n) is 11.9. The maximum absolute atomic E-state index is 13.6. The van der Waals surface area contributed by atoms with Gasteiger partial charge in [0.2, 0.25) is 5.91 Å². The molecule has 0 saturated carbocycles. The molecule has 2 N–H and O–H groups in total. The van der Waals surface area contributed by atoms with Gasteiger partial charge in [0.25, 0.3) is 11.8 Å². The van der Waals surface area contributed by atoms with E-state index in [0.29, 0.717) is 22.6 Å². The minimum Gasteiger partial charge on any atom is -0.339 e. The third-order valence-corrected chi connectivity index (χ3v) is 6.47. The molecule has 1 aliphatic rings. The highest BCUT2D eigenvalue weighted by atomic mass is 19.1. The molecule has 9 heteroatoms. The number of carbonyl (C=O) groups excluding carboxylic acids is 3. The normalized spacial score (nSPS) is 12.7. The van der Waals surface area contributed by atoms with Gasteiger partial charge in [-0.2, -0.15) is 0 Å². The number of nitrogens with one attached hydrogen (secondary N) is 2. The van der Waals surface area contributed by atoms with Crippen LogP contribution in [-0.4, -0.2) is 44.1 Å². The van der Waals surface area contributed by atoms with Crippen molar-refractivity contribution in [1.82, 2.24) is 19.9 Å². The van der Waals surface area contributed by atoms with Crippen LogP contribution in [0.3, 0.4) is 0 Å². The number of hydrogen-bond acceptors (Lipinski definition) is 5. The Kier molecular flexibility index (Phi) is 5.72. The molecular weight excluding hydrogens is 485 g/mol. The lowest BCUT2D eigenvalue weighted by Gasteiger charge is -2.13. The standard InChI is InChI=1S/C29H20FN5O3/c30-19-7-5-18(6-8-19)26-25(17-11-14-31-15-12-17)22-9-10-23(33-27(22)34-26)32-24(36)13-16-35-28(37)20-3-1-2-4-21(20)29(35)38/h1-12,14-15H,13,16H2,(H2,32,33,34,36). The van der Waals surface area contributed by atoms with Gasteiger partial charge in [-0.05, 0) is 71.8 Å². The first-order chi connectivity index (χ1) is 18.5. The van der Waals surface area contributed by atoms with Crippen LogP contribution in [0.25, 0.3) is 33.4 Å². The number of H-pyrrole nitrogens is 1. The summed E-state index contributed by atoms with van der Waals surface area (Å²) in [5.41, 5.74) is 4.55. The van der Waals surface area contributed by atoms with Gasteiger partial charge in [0.05, 0.1) is 16.8 Å². The van der Waals surface area contributed by atoms with Crippen molar-refractivity contribution >= 4 is 34.6 Å². The number of hydrogen-bond donors (Lipinski definition) is 2. The average molecular weight is 506 g/mol. The predicted octanol–water partition coefficient (Wildman–Crippen LogP) is 5.06. The molecule has 3 amide bonds. The average Bonchev–Trinajstić information content (AvgIpc) is 3.43. The Morgan fingerprint density at radius 1 is 0.868 bits per heavy atom. The number of amides is 3. The van der Waals surface area contributed by atoms with Crippen molar-refractivity contribution in [3.8, 4) is 22.4 Å². The van der Waals surface area contributed by atoms with Gasteiger partial charge in [0.1, 0.15) is 17.3 Å². The van der Waals surface area contributed by atoms with Crippen molar-refractivity contribution in [2.24, 2.45) is 0 Å². The topological polar surface area (TPSA) is 108 Å². The zero-order chi connectivity index (χ0) is 26.2. The Bertz CT molecular complexity index is 1680. The number of halogens is 1. The number of rotatable bonds is 6. The summed E-state index contributed by atoms with van der Waals surface area (Å²) >= 11 is 0. The molecule has 0 aliphatic carbocycles. The maximum Gasteiger partial charge on any atom is 0.261 e. The van der Waals surface area contributed by atoms with E-state index in [1.807, 2.05) is 18.2 Å². The first kappa shape index (κ1) is 23.2. The maximum atomic E-state index is 13.6. The predicted molar refractivity (Wildman–Crippen MR) is 140 cm³/mol. The Morgan fingerprint density at radius 3 is 2.24 bits per heavy atom. The van der Waals surface area contributed by atoms with Crippen LogP contribution in [0.1, 0.15) is 27.1 Å². The van der Waals surface area contributed by atoms with E-state index in [2.05, 4.69) is 20.3 Å². The van der Waals surface area contributed by atoms with Crippen LogP contribution >= 0.6 is 0 Å². The Morgan fingerprint density at radius 2 is 1.55 bits per heavy atom. The summed E-state index contributed by atoms with van der Waals surface area (Å²) < 4.78 is 13.6. The fraction of sp³-hybridized carbons (Fsp3) is 0.0690. The summed E-state index contributed by atoms with van der Waals surface area (Å²) in [6.45, 7) is -0.0379. The van der Waals surface area contributed by atoms with Crippen molar-refractivity contribution in [2.45, 2.75) is 6.42 Å². The van der Waals surface area contributed by atoms with Crippen LogP contribution in [0.15, 0.2) is 85.2 Å². The summed E-state index contributed by atoms with van der Waals surface area (Å²) in [6.07, 6.45) is 3.32. The molecule has 0 atom stereocenters. The number of carbonyl (C=O) groups is 3. The molecule has 2 aromatic carbocycles. The molecule has 8 nitrogen and oxygen atoms in total. The molecule has 3 aromatic heterocycles. The Labute approximate surface area is 216 Å². The Balaban J connectivity index is 1.24. The number of aromatic amines is 1. The molecule has 0 fully saturated rings. The first-order valence-corrected chi connectivity index (χ1v) is 11.9. The quantitative estimate of drug-likeness (QED) is 0.314. The van der Waals surface area contributed by atoms with Crippen molar-refractivity contribution in [3.05, 3.63) is 102 Å². The number of anilines is 1. The van der Waals surface area contributed by atoms with Crippen LogP contribution < -0.4 is 5.32 Å². The van der Waals surface area contributed by atoms with Gasteiger partial charge in [0.15, 0.2) is 0 Å². The van der Waals surface area contributed by atoms with Gasteiger partial charge >= 0.3 is 0 Å². The third-order valence-electron chi connectivity index (χ3n) is 6.47. The monoisotopic (exact) mass is 505 g/mol. The number of nitrogens with zero attached hydrogens (tertiary/aromatic N) is 3. The van der Waals surface area contributed by atoms with Crippen molar-refractivity contribution in [2.75, 3.05) is 11.9 Å². The molecular formula is C29H20FN5O3. The van der Waals surface area contributed by atoms with E-state index in [4.69, 9.17) is 0 Å². The smallest absolute Gasteiger partial charge is 0.261 e. The molecule has 0 radical (unpaired) electrons. The molecule has 1 aliphatic heterocycles. The van der Waals surface area contributed by atoms with Gasteiger partial charge in [-0.15, -0.1) is 0 Å². The number of benzene rings is 2. The van der Waals surface area contributed by atoms with Crippen LogP contribution in [0, 0.1) is 5.82 Å². The van der Waals surface area contributed by atoms with Gasteiger partial charge in [-0.1, -0.05) is 12.1 Å². The van der Waals surface area contributed by atoms with E-state index in [0.717, 1.165) is 32.7 Å². The lowest BCUT2D eigenvalue weighted by molar-refractivity contribution is -0.116. The third kappa shape index (κ3) is 4.09. The summed E-state index contributed by atoms with van der Waals surface area (Å²) in [6, 6.07) is 20.1. The lowest BCUT2D eigenvalue weighted by Crippen LogP contribution is -2.32. The van der Waals surface area contributed by atoms with E-state index < -0.39 is 11.8 Å². The van der Waals surface area contributed by atoms with Crippen molar-refractivity contribution < 1.29 is 18.8 Å². The largest absolute Gasteiger partial charge is 0.339 e. The van der Waals surface area contributed by atoms with Gasteiger partial charge in [-0.25, -0.2) is 9.37 Å².